The van der Waals surface area contributed by atoms with Gasteiger partial charge in [-0.25, -0.2) is 0 Å². The Hall–Kier alpha value is -1.98. The van der Waals surface area contributed by atoms with Gasteiger partial charge in [0.05, 0.1) is 5.75 Å². The van der Waals surface area contributed by atoms with Crippen LogP contribution in [0.3, 0.4) is 0 Å². The average molecular weight is 433 g/mol. The van der Waals surface area contributed by atoms with Crippen LogP contribution in [0.15, 0.2) is 59.5 Å². The summed E-state index contributed by atoms with van der Waals surface area (Å²) in [6, 6.07) is 16.7. The SMILES string of the molecule is CCCCNC(=O)[C@H](CC)N(Cc1ccc(Cl)cc1)C(=O)CSc1ccccc1. The van der Waals surface area contributed by atoms with Crippen molar-refractivity contribution < 1.29 is 9.59 Å². The Labute approximate surface area is 183 Å². The smallest absolute Gasteiger partial charge is 0.242 e. The van der Waals surface area contributed by atoms with Gasteiger partial charge in [0.25, 0.3) is 0 Å². The lowest BCUT2D eigenvalue weighted by atomic mass is 10.1. The Bertz CT molecular complexity index is 768. The first-order valence-electron chi connectivity index (χ1n) is 10.0. The van der Waals surface area contributed by atoms with Gasteiger partial charge in [-0.05, 0) is 42.7 Å². The van der Waals surface area contributed by atoms with Crippen LogP contribution in [0.5, 0.6) is 0 Å². The number of halogens is 1. The quantitative estimate of drug-likeness (QED) is 0.394. The molecule has 0 saturated carbocycles. The maximum absolute atomic E-state index is 13.1. The van der Waals surface area contributed by atoms with Crippen molar-refractivity contribution in [2.24, 2.45) is 0 Å². The highest BCUT2D eigenvalue weighted by molar-refractivity contribution is 8.00. The van der Waals surface area contributed by atoms with Gasteiger partial charge in [-0.1, -0.05) is 62.2 Å². The van der Waals surface area contributed by atoms with Gasteiger partial charge in [0, 0.05) is 23.0 Å². The molecular weight excluding hydrogens is 404 g/mol. The Kier molecular flexibility index (Phi) is 10.1. The van der Waals surface area contributed by atoms with E-state index in [-0.39, 0.29) is 17.6 Å². The molecule has 0 heterocycles. The lowest BCUT2D eigenvalue weighted by molar-refractivity contribution is -0.139. The number of nitrogens with zero attached hydrogens (tertiary/aromatic N) is 1. The molecule has 1 N–H and O–H groups in total. The van der Waals surface area contributed by atoms with Crippen molar-refractivity contribution in [3.05, 3.63) is 65.2 Å². The van der Waals surface area contributed by atoms with Crippen LogP contribution in [0, 0.1) is 0 Å². The van der Waals surface area contributed by atoms with Crippen molar-refractivity contribution in [3.8, 4) is 0 Å². The lowest BCUT2D eigenvalue weighted by Crippen LogP contribution is -2.49. The molecule has 0 radical (unpaired) electrons. The summed E-state index contributed by atoms with van der Waals surface area (Å²) in [6.07, 6.45) is 2.50. The molecule has 29 heavy (non-hydrogen) atoms. The molecule has 0 bridgehead atoms. The summed E-state index contributed by atoms with van der Waals surface area (Å²) in [6.45, 7) is 5.04. The molecule has 0 aliphatic rings. The van der Waals surface area contributed by atoms with E-state index in [2.05, 4.69) is 12.2 Å². The van der Waals surface area contributed by atoms with E-state index in [0.717, 1.165) is 23.3 Å². The summed E-state index contributed by atoms with van der Waals surface area (Å²) in [5.74, 6) is 0.148. The summed E-state index contributed by atoms with van der Waals surface area (Å²) >= 11 is 7.48. The van der Waals surface area contributed by atoms with Crippen molar-refractivity contribution in [1.29, 1.82) is 0 Å². The molecular formula is C23H29ClN2O2S. The topological polar surface area (TPSA) is 49.4 Å². The number of carbonyl (C=O) groups is 2. The number of hydrogen-bond donors (Lipinski definition) is 1. The van der Waals surface area contributed by atoms with Gasteiger partial charge in [0.2, 0.25) is 11.8 Å². The van der Waals surface area contributed by atoms with Gasteiger partial charge in [-0.15, -0.1) is 11.8 Å². The Morgan fingerprint density at radius 2 is 1.76 bits per heavy atom. The van der Waals surface area contributed by atoms with Gasteiger partial charge in [-0.3, -0.25) is 9.59 Å². The summed E-state index contributed by atoms with van der Waals surface area (Å²) in [5, 5.41) is 3.63. The number of amides is 2. The summed E-state index contributed by atoms with van der Waals surface area (Å²) in [5.41, 5.74) is 0.951. The fourth-order valence-corrected chi connectivity index (χ4v) is 3.89. The number of carbonyl (C=O) groups excluding carboxylic acids is 2. The van der Waals surface area contributed by atoms with E-state index >= 15 is 0 Å². The third kappa shape index (κ3) is 7.75. The summed E-state index contributed by atoms with van der Waals surface area (Å²) in [7, 11) is 0. The maximum atomic E-state index is 13.1. The van der Waals surface area contributed by atoms with Gasteiger partial charge >= 0.3 is 0 Å². The minimum Gasteiger partial charge on any atom is -0.354 e. The normalized spacial score (nSPS) is 11.7. The van der Waals surface area contributed by atoms with Crippen molar-refractivity contribution in [2.45, 2.75) is 50.6 Å². The molecule has 0 aliphatic heterocycles. The van der Waals surface area contributed by atoms with E-state index in [4.69, 9.17) is 11.6 Å². The fourth-order valence-electron chi connectivity index (χ4n) is 2.96. The molecule has 0 saturated heterocycles. The molecule has 4 nitrogen and oxygen atoms in total. The second-order valence-electron chi connectivity index (χ2n) is 6.82. The third-order valence-corrected chi connectivity index (χ3v) is 5.84. The largest absolute Gasteiger partial charge is 0.354 e. The van der Waals surface area contributed by atoms with Crippen molar-refractivity contribution in [2.75, 3.05) is 12.3 Å². The van der Waals surface area contributed by atoms with Crippen molar-refractivity contribution in [3.63, 3.8) is 0 Å². The van der Waals surface area contributed by atoms with Crippen LogP contribution < -0.4 is 5.32 Å². The second kappa shape index (κ2) is 12.6. The van der Waals surface area contributed by atoms with E-state index in [0.29, 0.717) is 24.5 Å². The fraction of sp³-hybridized carbons (Fsp3) is 0.391. The van der Waals surface area contributed by atoms with Gasteiger partial charge in [0.15, 0.2) is 0 Å². The standard InChI is InChI=1S/C23H29ClN2O2S/c1-3-5-15-25-23(28)21(4-2)26(16-18-11-13-19(24)14-12-18)22(27)17-29-20-9-7-6-8-10-20/h6-14,21H,3-5,15-17H2,1-2H3,(H,25,28)/t21-/m0/s1. The van der Waals surface area contributed by atoms with Crippen LogP contribution >= 0.6 is 23.4 Å². The number of benzene rings is 2. The minimum absolute atomic E-state index is 0.0497. The molecule has 0 fully saturated rings. The Balaban J connectivity index is 2.14. The highest BCUT2D eigenvalue weighted by Crippen LogP contribution is 2.20. The van der Waals surface area contributed by atoms with Crippen LogP contribution in [-0.4, -0.2) is 35.1 Å². The van der Waals surface area contributed by atoms with Gasteiger partial charge in [-0.2, -0.15) is 0 Å². The zero-order chi connectivity index (χ0) is 21.1. The van der Waals surface area contributed by atoms with Crippen molar-refractivity contribution >= 4 is 35.2 Å². The van der Waals surface area contributed by atoms with Crippen LogP contribution in [0.25, 0.3) is 0 Å². The molecule has 1 atom stereocenters. The molecule has 2 aromatic carbocycles. The number of rotatable bonds is 11. The molecule has 2 amide bonds. The monoisotopic (exact) mass is 432 g/mol. The third-order valence-electron chi connectivity index (χ3n) is 4.59. The van der Waals surface area contributed by atoms with Crippen LogP contribution in [0.1, 0.15) is 38.7 Å². The number of unbranched alkanes of at least 4 members (excludes halogenated alkanes) is 1. The predicted molar refractivity (Wildman–Crippen MR) is 121 cm³/mol. The molecule has 0 spiro atoms. The van der Waals surface area contributed by atoms with E-state index in [9.17, 15) is 9.59 Å². The van der Waals surface area contributed by atoms with Gasteiger partial charge in [0.1, 0.15) is 6.04 Å². The lowest BCUT2D eigenvalue weighted by Gasteiger charge is -2.30. The van der Waals surface area contributed by atoms with Crippen LogP contribution in [0.4, 0.5) is 0 Å². The first-order valence-corrected chi connectivity index (χ1v) is 11.4. The van der Waals surface area contributed by atoms with Crippen LogP contribution in [0.2, 0.25) is 5.02 Å². The van der Waals surface area contributed by atoms with E-state index in [1.807, 2.05) is 49.4 Å². The van der Waals surface area contributed by atoms with E-state index in [1.54, 1.807) is 17.0 Å². The second-order valence-corrected chi connectivity index (χ2v) is 8.30. The molecule has 0 unspecified atom stereocenters. The predicted octanol–water partition coefficient (Wildman–Crippen LogP) is 5.16. The molecule has 0 aliphatic carbocycles. The van der Waals surface area contributed by atoms with Crippen molar-refractivity contribution in [1.82, 2.24) is 10.2 Å². The molecule has 0 aromatic heterocycles. The molecule has 2 rings (SSSR count). The summed E-state index contributed by atoms with van der Waals surface area (Å²) < 4.78 is 0. The Morgan fingerprint density at radius 1 is 1.07 bits per heavy atom. The molecule has 156 valence electrons. The zero-order valence-electron chi connectivity index (χ0n) is 17.1. The summed E-state index contributed by atoms with van der Waals surface area (Å²) in [4.78, 5) is 28.6. The molecule has 2 aromatic rings. The van der Waals surface area contributed by atoms with E-state index in [1.165, 1.54) is 11.8 Å². The van der Waals surface area contributed by atoms with Crippen LogP contribution in [-0.2, 0) is 16.1 Å². The molecule has 6 heteroatoms. The highest BCUT2D eigenvalue weighted by Gasteiger charge is 2.28. The first kappa shape index (κ1) is 23.3. The number of thioether (sulfide) groups is 1. The van der Waals surface area contributed by atoms with Gasteiger partial charge < -0.3 is 10.2 Å². The number of nitrogens with one attached hydrogen (secondary N) is 1. The zero-order valence-corrected chi connectivity index (χ0v) is 18.6. The number of hydrogen-bond acceptors (Lipinski definition) is 3. The highest BCUT2D eigenvalue weighted by atomic mass is 35.5. The maximum Gasteiger partial charge on any atom is 0.242 e. The first-order chi connectivity index (χ1) is 14.0. The average Bonchev–Trinajstić information content (AvgIpc) is 2.74. The minimum atomic E-state index is -0.494. The Morgan fingerprint density at radius 3 is 2.38 bits per heavy atom. The van der Waals surface area contributed by atoms with E-state index < -0.39 is 6.04 Å².